The Morgan fingerprint density at radius 2 is 2.23 bits per heavy atom. The van der Waals surface area contributed by atoms with Gasteiger partial charge in [-0.3, -0.25) is 4.79 Å². The second-order valence-corrected chi connectivity index (χ2v) is 4.24. The number of carbonyl (C=O) groups excluding carboxylic acids is 1. The fourth-order valence-electron chi connectivity index (χ4n) is 1.21. The normalized spacial score (nSPS) is 17.3. The predicted octanol–water partition coefficient (Wildman–Crippen LogP) is 1.45. The molecular formula is C10H16N2O. The van der Waals surface area contributed by atoms with Crippen molar-refractivity contribution in [1.29, 1.82) is 5.26 Å². The van der Waals surface area contributed by atoms with Crippen LogP contribution in [-0.4, -0.2) is 12.5 Å². The first-order chi connectivity index (χ1) is 6.06. The molecule has 1 fully saturated rings. The van der Waals surface area contributed by atoms with Crippen molar-refractivity contribution >= 4 is 5.91 Å². The molecule has 1 saturated carbocycles. The van der Waals surface area contributed by atoms with E-state index in [1.54, 1.807) is 13.8 Å². The molecule has 0 aliphatic heterocycles. The average molecular weight is 180 g/mol. The number of hydrogen-bond donors (Lipinski definition) is 1. The Balaban J connectivity index is 2.28. The highest BCUT2D eigenvalue weighted by Gasteiger charge is 2.28. The molecule has 1 rings (SSSR count). The van der Waals surface area contributed by atoms with Crippen molar-refractivity contribution in [3.05, 3.63) is 0 Å². The highest BCUT2D eigenvalue weighted by Crippen LogP contribution is 2.25. The van der Waals surface area contributed by atoms with Gasteiger partial charge in [0.2, 0.25) is 5.91 Å². The standard InChI is InChI=1S/C10H16N2O/c1-10(2,7-11)9(13)12-6-8-4-3-5-8/h8H,3-6H2,1-2H3,(H,12,13). The Morgan fingerprint density at radius 1 is 1.62 bits per heavy atom. The maximum absolute atomic E-state index is 11.4. The van der Waals surface area contributed by atoms with Gasteiger partial charge < -0.3 is 5.32 Å². The fraction of sp³-hybridized carbons (Fsp3) is 0.800. The molecule has 1 N–H and O–H groups in total. The second kappa shape index (κ2) is 3.78. The lowest BCUT2D eigenvalue weighted by molar-refractivity contribution is -0.127. The summed E-state index contributed by atoms with van der Waals surface area (Å²) >= 11 is 0. The topological polar surface area (TPSA) is 52.9 Å². The largest absolute Gasteiger partial charge is 0.354 e. The highest BCUT2D eigenvalue weighted by atomic mass is 16.2. The third kappa shape index (κ3) is 2.45. The van der Waals surface area contributed by atoms with Gasteiger partial charge in [-0.05, 0) is 32.6 Å². The van der Waals surface area contributed by atoms with Gasteiger partial charge in [-0.25, -0.2) is 0 Å². The van der Waals surface area contributed by atoms with Gasteiger partial charge in [-0.2, -0.15) is 5.26 Å². The molecule has 1 aliphatic carbocycles. The lowest BCUT2D eigenvalue weighted by atomic mass is 9.85. The molecule has 1 amide bonds. The van der Waals surface area contributed by atoms with Crippen LogP contribution >= 0.6 is 0 Å². The molecule has 0 spiro atoms. The zero-order valence-corrected chi connectivity index (χ0v) is 8.26. The molecule has 0 bridgehead atoms. The molecule has 0 aromatic carbocycles. The molecule has 3 nitrogen and oxygen atoms in total. The van der Waals surface area contributed by atoms with Gasteiger partial charge in [0, 0.05) is 6.54 Å². The van der Waals surface area contributed by atoms with Crippen molar-refractivity contribution in [2.24, 2.45) is 11.3 Å². The van der Waals surface area contributed by atoms with E-state index in [1.807, 2.05) is 6.07 Å². The van der Waals surface area contributed by atoms with E-state index in [0.717, 1.165) is 6.54 Å². The number of carbonyl (C=O) groups is 1. The minimum Gasteiger partial charge on any atom is -0.354 e. The van der Waals surface area contributed by atoms with Gasteiger partial charge in [-0.1, -0.05) is 6.42 Å². The number of nitrogens with one attached hydrogen (secondary N) is 1. The number of rotatable bonds is 3. The van der Waals surface area contributed by atoms with Crippen LogP contribution in [0, 0.1) is 22.7 Å². The summed E-state index contributed by atoms with van der Waals surface area (Å²) in [4.78, 5) is 11.4. The molecule has 0 saturated heterocycles. The van der Waals surface area contributed by atoms with Crippen molar-refractivity contribution in [3.63, 3.8) is 0 Å². The number of hydrogen-bond acceptors (Lipinski definition) is 2. The van der Waals surface area contributed by atoms with E-state index in [-0.39, 0.29) is 5.91 Å². The van der Waals surface area contributed by atoms with E-state index in [1.165, 1.54) is 19.3 Å². The quantitative estimate of drug-likeness (QED) is 0.714. The lowest BCUT2D eigenvalue weighted by Crippen LogP contribution is -2.39. The van der Waals surface area contributed by atoms with Crippen LogP contribution in [0.2, 0.25) is 0 Å². The summed E-state index contributed by atoms with van der Waals surface area (Å²) in [7, 11) is 0. The van der Waals surface area contributed by atoms with Crippen LogP contribution in [0.5, 0.6) is 0 Å². The number of nitriles is 1. The van der Waals surface area contributed by atoms with Crippen molar-refractivity contribution in [2.75, 3.05) is 6.54 Å². The second-order valence-electron chi connectivity index (χ2n) is 4.24. The smallest absolute Gasteiger partial charge is 0.239 e. The molecule has 72 valence electrons. The number of nitrogens with zero attached hydrogens (tertiary/aromatic N) is 1. The molecule has 0 aromatic rings. The van der Waals surface area contributed by atoms with Gasteiger partial charge in [0.1, 0.15) is 5.41 Å². The first kappa shape index (κ1) is 10.0. The van der Waals surface area contributed by atoms with E-state index >= 15 is 0 Å². The molecule has 13 heavy (non-hydrogen) atoms. The van der Waals surface area contributed by atoms with Crippen LogP contribution in [0.25, 0.3) is 0 Å². The Kier molecular flexibility index (Phi) is 2.92. The Morgan fingerprint density at radius 3 is 2.62 bits per heavy atom. The summed E-state index contributed by atoms with van der Waals surface area (Å²) in [6.07, 6.45) is 3.71. The molecule has 0 radical (unpaired) electrons. The molecule has 0 heterocycles. The summed E-state index contributed by atoms with van der Waals surface area (Å²) in [6.45, 7) is 4.02. The van der Waals surface area contributed by atoms with Gasteiger partial charge in [0.05, 0.1) is 6.07 Å². The maximum atomic E-state index is 11.4. The molecule has 0 unspecified atom stereocenters. The zero-order chi connectivity index (χ0) is 9.90. The number of amides is 1. The van der Waals surface area contributed by atoms with Crippen LogP contribution in [-0.2, 0) is 4.79 Å². The maximum Gasteiger partial charge on any atom is 0.239 e. The van der Waals surface area contributed by atoms with Gasteiger partial charge in [0.15, 0.2) is 0 Å². The fourth-order valence-corrected chi connectivity index (χ4v) is 1.21. The molecular weight excluding hydrogens is 164 g/mol. The van der Waals surface area contributed by atoms with E-state index in [0.29, 0.717) is 5.92 Å². The Bertz CT molecular complexity index is 236. The van der Waals surface area contributed by atoms with Gasteiger partial charge >= 0.3 is 0 Å². The summed E-state index contributed by atoms with van der Waals surface area (Å²) in [5.74, 6) is 0.500. The zero-order valence-electron chi connectivity index (χ0n) is 8.26. The van der Waals surface area contributed by atoms with E-state index in [2.05, 4.69) is 5.32 Å². The van der Waals surface area contributed by atoms with Gasteiger partial charge in [-0.15, -0.1) is 0 Å². The predicted molar refractivity (Wildman–Crippen MR) is 49.7 cm³/mol. The third-order valence-electron chi connectivity index (χ3n) is 2.62. The van der Waals surface area contributed by atoms with Crippen LogP contribution in [0.3, 0.4) is 0 Å². The first-order valence-electron chi connectivity index (χ1n) is 4.76. The summed E-state index contributed by atoms with van der Waals surface area (Å²) in [5.41, 5.74) is -0.885. The van der Waals surface area contributed by atoms with Crippen molar-refractivity contribution in [2.45, 2.75) is 33.1 Å². The summed E-state index contributed by atoms with van der Waals surface area (Å²) < 4.78 is 0. The van der Waals surface area contributed by atoms with Crippen LogP contribution in [0.4, 0.5) is 0 Å². The van der Waals surface area contributed by atoms with E-state index in [4.69, 9.17) is 5.26 Å². The van der Waals surface area contributed by atoms with Gasteiger partial charge in [0.25, 0.3) is 0 Å². The minimum atomic E-state index is -0.885. The monoisotopic (exact) mass is 180 g/mol. The SMILES string of the molecule is CC(C)(C#N)C(=O)NCC1CCC1. The molecule has 3 heteroatoms. The highest BCUT2D eigenvalue weighted by molar-refractivity contribution is 5.84. The van der Waals surface area contributed by atoms with E-state index < -0.39 is 5.41 Å². The lowest BCUT2D eigenvalue weighted by Gasteiger charge is -2.26. The van der Waals surface area contributed by atoms with Crippen molar-refractivity contribution in [3.8, 4) is 6.07 Å². The average Bonchev–Trinajstić information content (AvgIpc) is 2.01. The Hall–Kier alpha value is -1.04. The van der Waals surface area contributed by atoms with Crippen LogP contribution in [0.15, 0.2) is 0 Å². The van der Waals surface area contributed by atoms with Crippen molar-refractivity contribution < 1.29 is 4.79 Å². The van der Waals surface area contributed by atoms with E-state index in [9.17, 15) is 4.79 Å². The summed E-state index contributed by atoms with van der Waals surface area (Å²) in [5, 5.41) is 11.5. The Labute approximate surface area is 79.1 Å². The third-order valence-corrected chi connectivity index (χ3v) is 2.62. The van der Waals surface area contributed by atoms with Crippen LogP contribution < -0.4 is 5.32 Å². The molecule has 1 aliphatic rings. The molecule has 0 aromatic heterocycles. The minimum absolute atomic E-state index is 0.151. The summed E-state index contributed by atoms with van der Waals surface area (Å²) in [6, 6.07) is 1.99. The van der Waals surface area contributed by atoms with Crippen molar-refractivity contribution in [1.82, 2.24) is 5.32 Å². The molecule has 0 atom stereocenters. The van der Waals surface area contributed by atoms with Crippen LogP contribution in [0.1, 0.15) is 33.1 Å². The first-order valence-corrected chi connectivity index (χ1v) is 4.76.